The Kier molecular flexibility index (Phi) is 5.08. The molecule has 0 spiro atoms. The van der Waals surface area contributed by atoms with Crippen LogP contribution in [0.4, 0.5) is 0 Å². The van der Waals surface area contributed by atoms with Crippen LogP contribution in [-0.2, 0) is 16.0 Å². The van der Waals surface area contributed by atoms with Crippen molar-refractivity contribution in [3.8, 4) is 0 Å². The molecule has 0 unspecified atom stereocenters. The van der Waals surface area contributed by atoms with Crippen LogP contribution in [0.2, 0.25) is 0 Å². The van der Waals surface area contributed by atoms with Crippen LogP contribution >= 0.6 is 0 Å². The number of rotatable bonds is 6. The maximum atomic E-state index is 12.1. The summed E-state index contributed by atoms with van der Waals surface area (Å²) in [4.78, 5) is 37.2. The molecule has 1 atom stereocenters. The molecule has 114 valence electrons. The zero-order valence-electron chi connectivity index (χ0n) is 12.0. The average Bonchev–Trinajstić information content (AvgIpc) is 3.03. The van der Waals surface area contributed by atoms with Crippen LogP contribution in [0.3, 0.4) is 0 Å². The van der Waals surface area contributed by atoms with Crippen LogP contribution < -0.4 is 5.32 Å². The maximum absolute atomic E-state index is 12.1. The van der Waals surface area contributed by atoms with Crippen molar-refractivity contribution >= 4 is 18.2 Å². The van der Waals surface area contributed by atoms with Crippen molar-refractivity contribution in [3.63, 3.8) is 0 Å². The van der Waals surface area contributed by atoms with Crippen molar-refractivity contribution < 1.29 is 19.1 Å². The molecular formula is C16H16N2O4. The Labute approximate surface area is 127 Å². The number of hydrogen-bond donors (Lipinski definition) is 2. The number of aldehydes is 1. The Balaban J connectivity index is 2.10. The Morgan fingerprint density at radius 3 is 2.55 bits per heavy atom. The molecule has 2 N–H and O–H groups in total. The monoisotopic (exact) mass is 300 g/mol. The minimum absolute atomic E-state index is 0.212. The standard InChI is InChI=1S/C16H16N2O4/c1-22-16(21)14(9-11-5-3-2-4-6-11)18-15(20)13-8-7-12(10-19)17-13/h2-8,10,14,17H,9H2,1H3,(H,18,20)/t14-/m0/s1. The van der Waals surface area contributed by atoms with Gasteiger partial charge in [0.25, 0.3) is 5.91 Å². The van der Waals surface area contributed by atoms with Gasteiger partial charge in [-0.1, -0.05) is 30.3 Å². The van der Waals surface area contributed by atoms with Gasteiger partial charge < -0.3 is 15.0 Å². The SMILES string of the molecule is COC(=O)[C@H](Cc1ccccc1)NC(=O)c1ccc(C=O)[nH]1. The van der Waals surface area contributed by atoms with Crippen molar-refractivity contribution in [1.82, 2.24) is 10.3 Å². The number of H-pyrrole nitrogens is 1. The highest BCUT2D eigenvalue weighted by Crippen LogP contribution is 2.06. The van der Waals surface area contributed by atoms with E-state index in [0.717, 1.165) is 5.56 Å². The van der Waals surface area contributed by atoms with E-state index in [-0.39, 0.29) is 5.69 Å². The number of benzene rings is 1. The van der Waals surface area contributed by atoms with E-state index in [1.807, 2.05) is 30.3 Å². The molecular weight excluding hydrogens is 284 g/mol. The Morgan fingerprint density at radius 1 is 1.23 bits per heavy atom. The van der Waals surface area contributed by atoms with E-state index >= 15 is 0 Å². The number of aromatic nitrogens is 1. The largest absolute Gasteiger partial charge is 0.467 e. The normalized spacial score (nSPS) is 11.5. The molecule has 2 rings (SSSR count). The molecule has 1 amide bonds. The number of methoxy groups -OCH3 is 1. The first-order valence-electron chi connectivity index (χ1n) is 6.71. The zero-order valence-corrected chi connectivity index (χ0v) is 12.0. The summed E-state index contributed by atoms with van der Waals surface area (Å²) in [6.07, 6.45) is 0.930. The van der Waals surface area contributed by atoms with Crippen LogP contribution in [0, 0.1) is 0 Å². The number of hydrogen-bond acceptors (Lipinski definition) is 4. The lowest BCUT2D eigenvalue weighted by Crippen LogP contribution is -2.43. The highest BCUT2D eigenvalue weighted by molar-refractivity contribution is 5.96. The van der Waals surface area contributed by atoms with Crippen molar-refractivity contribution in [2.75, 3.05) is 7.11 Å². The van der Waals surface area contributed by atoms with Crippen molar-refractivity contribution in [3.05, 3.63) is 59.4 Å². The molecule has 1 aromatic heterocycles. The molecule has 1 heterocycles. The van der Waals surface area contributed by atoms with Gasteiger partial charge in [-0.05, 0) is 17.7 Å². The van der Waals surface area contributed by atoms with Crippen LogP contribution in [0.5, 0.6) is 0 Å². The summed E-state index contributed by atoms with van der Waals surface area (Å²) in [5.74, 6) is -1.00. The highest BCUT2D eigenvalue weighted by atomic mass is 16.5. The lowest BCUT2D eigenvalue weighted by Gasteiger charge is -2.16. The number of carbonyl (C=O) groups excluding carboxylic acids is 3. The van der Waals surface area contributed by atoms with Crippen LogP contribution in [0.15, 0.2) is 42.5 Å². The number of aromatic amines is 1. The number of nitrogens with one attached hydrogen (secondary N) is 2. The quantitative estimate of drug-likeness (QED) is 0.622. The molecule has 6 nitrogen and oxygen atoms in total. The summed E-state index contributed by atoms with van der Waals surface area (Å²) < 4.78 is 4.73. The summed E-state index contributed by atoms with van der Waals surface area (Å²) in [7, 11) is 1.27. The summed E-state index contributed by atoms with van der Waals surface area (Å²) >= 11 is 0. The van der Waals surface area contributed by atoms with Gasteiger partial charge in [-0.15, -0.1) is 0 Å². The van der Waals surface area contributed by atoms with E-state index in [4.69, 9.17) is 4.74 Å². The Bertz CT molecular complexity index is 664. The average molecular weight is 300 g/mol. The zero-order chi connectivity index (χ0) is 15.9. The van der Waals surface area contributed by atoms with E-state index in [0.29, 0.717) is 18.4 Å². The molecule has 22 heavy (non-hydrogen) atoms. The predicted octanol–water partition coefficient (Wildman–Crippen LogP) is 1.34. The first kappa shape index (κ1) is 15.5. The van der Waals surface area contributed by atoms with Crippen molar-refractivity contribution in [2.24, 2.45) is 0 Å². The van der Waals surface area contributed by atoms with E-state index in [1.165, 1.54) is 19.2 Å². The van der Waals surface area contributed by atoms with Gasteiger partial charge in [0.2, 0.25) is 0 Å². The number of carbonyl (C=O) groups is 3. The number of ether oxygens (including phenoxy) is 1. The number of esters is 1. The van der Waals surface area contributed by atoms with Gasteiger partial charge in [0.15, 0.2) is 6.29 Å². The molecule has 0 saturated heterocycles. The molecule has 6 heteroatoms. The minimum Gasteiger partial charge on any atom is -0.467 e. The van der Waals surface area contributed by atoms with Crippen molar-refractivity contribution in [1.29, 1.82) is 0 Å². The summed E-state index contributed by atoms with van der Waals surface area (Å²) in [6.45, 7) is 0. The molecule has 0 bridgehead atoms. The van der Waals surface area contributed by atoms with Crippen LogP contribution in [-0.4, -0.2) is 36.3 Å². The molecule has 0 aliphatic rings. The fraction of sp³-hybridized carbons (Fsp3) is 0.188. The van der Waals surface area contributed by atoms with Gasteiger partial charge >= 0.3 is 5.97 Å². The lowest BCUT2D eigenvalue weighted by molar-refractivity contribution is -0.142. The van der Waals surface area contributed by atoms with E-state index in [2.05, 4.69) is 10.3 Å². The van der Waals surface area contributed by atoms with Crippen LogP contribution in [0.1, 0.15) is 26.5 Å². The third-order valence-electron chi connectivity index (χ3n) is 3.15. The summed E-state index contributed by atoms with van der Waals surface area (Å²) in [5, 5.41) is 2.61. The number of amides is 1. The topological polar surface area (TPSA) is 88.3 Å². The fourth-order valence-corrected chi connectivity index (χ4v) is 2.03. The van der Waals surface area contributed by atoms with E-state index in [9.17, 15) is 14.4 Å². The molecule has 2 aromatic rings. The molecule has 0 aliphatic heterocycles. The molecule has 0 radical (unpaired) electrons. The van der Waals surface area contributed by atoms with Gasteiger partial charge in [-0.3, -0.25) is 9.59 Å². The van der Waals surface area contributed by atoms with Crippen LogP contribution in [0.25, 0.3) is 0 Å². The Morgan fingerprint density at radius 2 is 1.95 bits per heavy atom. The summed E-state index contributed by atoms with van der Waals surface area (Å²) in [6, 6.07) is 11.5. The van der Waals surface area contributed by atoms with Gasteiger partial charge in [-0.2, -0.15) is 0 Å². The molecule has 0 fully saturated rings. The second kappa shape index (κ2) is 7.21. The third-order valence-corrected chi connectivity index (χ3v) is 3.15. The predicted molar refractivity (Wildman–Crippen MR) is 79.6 cm³/mol. The first-order chi connectivity index (χ1) is 10.6. The van der Waals surface area contributed by atoms with Crippen molar-refractivity contribution in [2.45, 2.75) is 12.5 Å². The lowest BCUT2D eigenvalue weighted by atomic mass is 10.1. The van der Waals surface area contributed by atoms with Gasteiger partial charge in [-0.25, -0.2) is 4.79 Å². The summed E-state index contributed by atoms with van der Waals surface area (Å²) in [5.41, 5.74) is 1.41. The minimum atomic E-state index is -0.803. The Hall–Kier alpha value is -2.89. The highest BCUT2D eigenvalue weighted by Gasteiger charge is 2.23. The van der Waals surface area contributed by atoms with Gasteiger partial charge in [0, 0.05) is 6.42 Å². The van der Waals surface area contributed by atoms with Gasteiger partial charge in [0.1, 0.15) is 11.7 Å². The molecule has 0 aliphatic carbocycles. The molecule has 0 saturated carbocycles. The second-order valence-corrected chi connectivity index (χ2v) is 4.68. The maximum Gasteiger partial charge on any atom is 0.328 e. The van der Waals surface area contributed by atoms with E-state index in [1.54, 1.807) is 0 Å². The van der Waals surface area contributed by atoms with E-state index < -0.39 is 17.9 Å². The second-order valence-electron chi connectivity index (χ2n) is 4.68. The smallest absolute Gasteiger partial charge is 0.328 e. The van der Waals surface area contributed by atoms with Gasteiger partial charge in [0.05, 0.1) is 12.8 Å². The molecule has 1 aromatic carbocycles. The first-order valence-corrected chi connectivity index (χ1v) is 6.71. The fourth-order valence-electron chi connectivity index (χ4n) is 2.03. The third kappa shape index (κ3) is 3.82.